The van der Waals surface area contributed by atoms with Crippen LogP contribution in [0.5, 0.6) is 11.5 Å². The van der Waals surface area contributed by atoms with Crippen molar-refractivity contribution >= 4 is 11.4 Å². The molecule has 0 unspecified atom stereocenters. The molecule has 0 bridgehead atoms. The largest absolute Gasteiger partial charge is 0.594 e. The van der Waals surface area contributed by atoms with Crippen molar-refractivity contribution in [2.24, 2.45) is 5.11 Å². The molecule has 0 aliphatic carbocycles. The standard InChI is InChI=1S/C18H20N2O5/c21-20-16-6-2-4-8-18(16)25-14-12-23-10-9-22-11-13-24-17-7-3-1-5-15(17)19-20/h1-8H,9-14H2. The normalized spacial score (nSPS) is 16.6. The molecule has 7 nitrogen and oxygen atoms in total. The Bertz CT molecular complexity index is 720. The zero-order valence-corrected chi connectivity index (χ0v) is 13.8. The Morgan fingerprint density at radius 1 is 0.720 bits per heavy atom. The van der Waals surface area contributed by atoms with E-state index in [2.05, 4.69) is 5.11 Å². The van der Waals surface area contributed by atoms with Crippen LogP contribution in [0.3, 0.4) is 0 Å². The molecular formula is C18H20N2O5. The first-order valence-electron chi connectivity index (χ1n) is 8.12. The fourth-order valence-electron chi connectivity index (χ4n) is 2.29. The van der Waals surface area contributed by atoms with E-state index >= 15 is 0 Å². The maximum Gasteiger partial charge on any atom is 0.286 e. The number of hydrogen-bond acceptors (Lipinski definition) is 6. The number of ether oxygens (including phenoxy) is 4. The highest BCUT2D eigenvalue weighted by molar-refractivity contribution is 5.51. The van der Waals surface area contributed by atoms with Crippen LogP contribution in [0.25, 0.3) is 0 Å². The Balaban J connectivity index is 1.90. The van der Waals surface area contributed by atoms with Crippen molar-refractivity contribution in [3.05, 3.63) is 53.7 Å². The lowest BCUT2D eigenvalue weighted by atomic mass is 10.3. The van der Waals surface area contributed by atoms with Gasteiger partial charge in [0.25, 0.3) is 5.69 Å². The average molecular weight is 344 g/mol. The smallest absolute Gasteiger partial charge is 0.286 e. The summed E-state index contributed by atoms with van der Waals surface area (Å²) in [5.41, 5.74) is 0.774. The van der Waals surface area contributed by atoms with Crippen LogP contribution in [0.1, 0.15) is 0 Å². The van der Waals surface area contributed by atoms with Gasteiger partial charge in [-0.3, -0.25) is 0 Å². The summed E-state index contributed by atoms with van der Waals surface area (Å²) in [6.45, 7) is 2.51. The van der Waals surface area contributed by atoms with Crippen molar-refractivity contribution in [3.8, 4) is 11.5 Å². The quantitative estimate of drug-likeness (QED) is 0.541. The first kappa shape index (κ1) is 17.2. The van der Waals surface area contributed by atoms with Crippen LogP contribution in [-0.4, -0.2) is 44.5 Å². The van der Waals surface area contributed by atoms with E-state index in [4.69, 9.17) is 18.9 Å². The fraction of sp³-hybridized carbons (Fsp3) is 0.333. The zero-order valence-electron chi connectivity index (χ0n) is 13.8. The van der Waals surface area contributed by atoms with Crippen LogP contribution in [0.15, 0.2) is 53.6 Å². The van der Waals surface area contributed by atoms with Crippen molar-refractivity contribution in [3.63, 3.8) is 0 Å². The molecule has 0 aromatic heterocycles. The summed E-state index contributed by atoms with van der Waals surface area (Å²) in [5, 5.41) is 16.6. The minimum atomic E-state index is 0.327. The maximum atomic E-state index is 12.5. The van der Waals surface area contributed by atoms with Crippen LogP contribution in [-0.2, 0) is 9.47 Å². The second-order valence-electron chi connectivity index (χ2n) is 5.23. The van der Waals surface area contributed by atoms with E-state index < -0.39 is 0 Å². The molecule has 0 saturated heterocycles. The third kappa shape index (κ3) is 4.91. The molecule has 2 aromatic rings. The van der Waals surface area contributed by atoms with Crippen LogP contribution < -0.4 is 9.47 Å². The molecule has 0 saturated carbocycles. The van der Waals surface area contributed by atoms with Crippen molar-refractivity contribution in [1.29, 1.82) is 0 Å². The van der Waals surface area contributed by atoms with Crippen LogP contribution >= 0.6 is 0 Å². The number of hydrogen-bond donors (Lipinski definition) is 0. The Kier molecular flexibility index (Phi) is 6.19. The van der Waals surface area contributed by atoms with Crippen LogP contribution in [0, 0.1) is 5.21 Å². The van der Waals surface area contributed by atoms with Gasteiger partial charge in [0.15, 0.2) is 17.2 Å². The van der Waals surface area contributed by atoms with Crippen molar-refractivity contribution in [2.75, 3.05) is 39.6 Å². The zero-order chi connectivity index (χ0) is 17.3. The van der Waals surface area contributed by atoms with Gasteiger partial charge in [0.05, 0.1) is 26.4 Å². The third-order valence-corrected chi connectivity index (χ3v) is 3.48. The predicted molar refractivity (Wildman–Crippen MR) is 90.9 cm³/mol. The first-order valence-corrected chi connectivity index (χ1v) is 8.12. The molecule has 0 radical (unpaired) electrons. The summed E-state index contributed by atoms with van der Waals surface area (Å²) in [6.07, 6.45) is 0. The maximum absolute atomic E-state index is 12.5. The van der Waals surface area contributed by atoms with E-state index in [9.17, 15) is 5.21 Å². The molecule has 0 N–H and O–H groups in total. The van der Waals surface area contributed by atoms with E-state index in [1.54, 1.807) is 42.5 Å². The molecule has 3 rings (SSSR count). The van der Waals surface area contributed by atoms with Crippen molar-refractivity contribution in [1.82, 2.24) is 0 Å². The summed E-state index contributed by atoms with van der Waals surface area (Å²) in [4.78, 5) is 0.542. The minimum Gasteiger partial charge on any atom is -0.594 e. The van der Waals surface area contributed by atoms with Crippen molar-refractivity contribution in [2.45, 2.75) is 0 Å². The highest BCUT2D eigenvalue weighted by atomic mass is 16.6. The predicted octanol–water partition coefficient (Wildman–Crippen LogP) is 3.42. The molecule has 7 heteroatoms. The number of benzene rings is 2. The molecule has 2 aromatic carbocycles. The Labute approximate surface area is 146 Å². The second-order valence-corrected chi connectivity index (χ2v) is 5.23. The van der Waals surface area contributed by atoms with E-state index in [1.165, 1.54) is 0 Å². The number of fused-ring (bicyclic) bond motifs is 2. The molecule has 0 fully saturated rings. The Hall–Kier alpha value is -2.64. The van der Waals surface area contributed by atoms with E-state index in [0.29, 0.717) is 67.4 Å². The highest BCUT2D eigenvalue weighted by Crippen LogP contribution is 2.31. The first-order chi connectivity index (χ1) is 12.3. The molecule has 1 aliphatic heterocycles. The molecule has 25 heavy (non-hydrogen) atoms. The number of rotatable bonds is 0. The highest BCUT2D eigenvalue weighted by Gasteiger charge is 2.14. The van der Waals surface area contributed by atoms with Crippen molar-refractivity contribution < 1.29 is 23.8 Å². The lowest BCUT2D eigenvalue weighted by Gasteiger charge is -2.12. The summed E-state index contributed by atoms with van der Waals surface area (Å²) >= 11 is 0. The fourth-order valence-corrected chi connectivity index (χ4v) is 2.29. The van der Waals surface area contributed by atoms with Crippen LogP contribution in [0.2, 0.25) is 0 Å². The minimum absolute atomic E-state index is 0.327. The topological polar surface area (TPSA) is 75.4 Å². The molecule has 0 spiro atoms. The number of para-hydroxylation sites is 3. The lowest BCUT2D eigenvalue weighted by molar-refractivity contribution is -0.436. The lowest BCUT2D eigenvalue weighted by Crippen LogP contribution is -2.14. The second kappa shape index (κ2) is 9.00. The average Bonchev–Trinajstić information content (AvgIpc) is 2.64. The van der Waals surface area contributed by atoms with Gasteiger partial charge in [-0.15, -0.1) is 0 Å². The van der Waals surface area contributed by atoms with E-state index in [1.807, 2.05) is 6.07 Å². The summed E-state index contributed by atoms with van der Waals surface area (Å²) in [7, 11) is 0. The Morgan fingerprint density at radius 2 is 1.28 bits per heavy atom. The summed E-state index contributed by atoms with van der Waals surface area (Å²) in [6, 6.07) is 14.1. The van der Waals surface area contributed by atoms with Gasteiger partial charge in [0.2, 0.25) is 0 Å². The van der Waals surface area contributed by atoms with E-state index in [-0.39, 0.29) is 0 Å². The summed E-state index contributed by atoms with van der Waals surface area (Å²) in [5.74, 6) is 0.972. The van der Waals surface area contributed by atoms with Gasteiger partial charge in [-0.2, -0.15) is 0 Å². The van der Waals surface area contributed by atoms with Gasteiger partial charge in [0.1, 0.15) is 13.2 Å². The molecule has 1 heterocycles. The SMILES string of the molecule is [O-][N+]1=Nc2ccccc2OCCOCCOCCOc2ccccc21. The van der Waals surface area contributed by atoms with Gasteiger partial charge in [-0.05, 0) is 23.1 Å². The molecule has 0 amide bonds. The Morgan fingerprint density at radius 3 is 2.04 bits per heavy atom. The summed E-state index contributed by atoms with van der Waals surface area (Å²) < 4.78 is 22.2. The monoisotopic (exact) mass is 344 g/mol. The molecule has 0 atom stereocenters. The molecular weight excluding hydrogens is 324 g/mol. The molecule has 1 aliphatic rings. The molecule has 132 valence electrons. The van der Waals surface area contributed by atoms with Gasteiger partial charge in [-0.1, -0.05) is 24.3 Å². The number of nitrogens with zero attached hydrogens (tertiary/aromatic N) is 2. The van der Waals surface area contributed by atoms with Gasteiger partial charge < -0.3 is 24.2 Å². The van der Waals surface area contributed by atoms with Crippen LogP contribution in [0.4, 0.5) is 11.4 Å². The van der Waals surface area contributed by atoms with Gasteiger partial charge in [0, 0.05) is 11.2 Å². The van der Waals surface area contributed by atoms with Gasteiger partial charge >= 0.3 is 0 Å². The number of azo groups is 1. The third-order valence-electron chi connectivity index (χ3n) is 3.48. The van der Waals surface area contributed by atoms with E-state index in [0.717, 1.165) is 0 Å². The van der Waals surface area contributed by atoms with Gasteiger partial charge in [-0.25, -0.2) is 0 Å².